The molecule has 2 aliphatic heterocycles. The van der Waals surface area contributed by atoms with Gasteiger partial charge in [-0.2, -0.15) is 5.10 Å². The van der Waals surface area contributed by atoms with Crippen molar-refractivity contribution in [3.8, 4) is 0 Å². The van der Waals surface area contributed by atoms with Gasteiger partial charge in [-0.05, 0) is 30.7 Å². The summed E-state index contributed by atoms with van der Waals surface area (Å²) in [6.07, 6.45) is 0.824. The number of carbonyl (C=O) groups is 1. The van der Waals surface area contributed by atoms with Gasteiger partial charge in [0.25, 0.3) is 5.91 Å². The minimum atomic E-state index is -0.564. The van der Waals surface area contributed by atoms with Crippen LogP contribution in [0.3, 0.4) is 0 Å². The number of aromatic nitrogens is 3. The van der Waals surface area contributed by atoms with Gasteiger partial charge >= 0.3 is 11.1 Å². The minimum Gasteiger partial charge on any atom is -0.337 e. The summed E-state index contributed by atoms with van der Waals surface area (Å²) in [7, 11) is 0. The van der Waals surface area contributed by atoms with Crippen LogP contribution in [0.4, 0.5) is 0 Å². The van der Waals surface area contributed by atoms with Gasteiger partial charge in [-0.25, -0.2) is 4.68 Å². The van der Waals surface area contributed by atoms with Crippen molar-refractivity contribution in [2.24, 2.45) is 5.92 Å². The molecule has 24 heavy (non-hydrogen) atoms. The lowest BCUT2D eigenvalue weighted by Crippen LogP contribution is -2.44. The highest BCUT2D eigenvalue weighted by Crippen LogP contribution is 2.37. The summed E-state index contributed by atoms with van der Waals surface area (Å²) in [5.74, 6) is 0.974. The quantitative estimate of drug-likeness (QED) is 0.752. The van der Waals surface area contributed by atoms with Crippen molar-refractivity contribution in [2.45, 2.75) is 32.4 Å². The second-order valence-corrected chi connectivity index (χ2v) is 7.23. The molecular formula is C16H18N4O3S. The number of likely N-dealkylation sites (tertiary alicyclic amines) is 1. The fourth-order valence-corrected chi connectivity index (χ4v) is 4.40. The van der Waals surface area contributed by atoms with E-state index in [9.17, 15) is 14.4 Å². The minimum absolute atomic E-state index is 0.0220. The number of nitrogens with zero attached hydrogens (tertiary/aromatic N) is 4. The molecule has 2 aromatic heterocycles. The van der Waals surface area contributed by atoms with Gasteiger partial charge in [-0.1, -0.05) is 6.07 Å². The van der Waals surface area contributed by atoms with Gasteiger partial charge < -0.3 is 4.90 Å². The van der Waals surface area contributed by atoms with Gasteiger partial charge in [-0.3, -0.25) is 19.0 Å². The highest BCUT2D eigenvalue weighted by Gasteiger charge is 2.41. The Bertz CT molecular complexity index is 899. The van der Waals surface area contributed by atoms with Crippen molar-refractivity contribution in [3.05, 3.63) is 48.9 Å². The maximum Gasteiger partial charge on any atom is 0.332 e. The summed E-state index contributed by atoms with van der Waals surface area (Å²) in [5.41, 5.74) is -1.06. The smallest absolute Gasteiger partial charge is 0.332 e. The van der Waals surface area contributed by atoms with Crippen LogP contribution in [0.5, 0.6) is 0 Å². The fraction of sp³-hybridized carbons (Fsp3) is 0.500. The first-order valence-corrected chi connectivity index (χ1v) is 9.02. The van der Waals surface area contributed by atoms with Crippen molar-refractivity contribution in [2.75, 3.05) is 13.1 Å². The van der Waals surface area contributed by atoms with E-state index >= 15 is 0 Å². The van der Waals surface area contributed by atoms with Crippen LogP contribution >= 0.6 is 11.3 Å². The molecule has 2 aliphatic rings. The second-order valence-electron chi connectivity index (χ2n) is 6.28. The number of aryl methyl sites for hydroxylation is 1. The standard InChI is InChI=1S/C16H18N4O3S/c1-2-20-16(23)15(22)19-8-10-5-6-18(9-11(10)13(19)17-20)14(21)12-4-3-7-24-12/h3-4,7,10-11H,2,5-6,8-9H2,1H3. The van der Waals surface area contributed by atoms with Crippen LogP contribution in [-0.4, -0.2) is 38.2 Å². The molecule has 0 aliphatic carbocycles. The first-order chi connectivity index (χ1) is 11.6. The Morgan fingerprint density at radius 2 is 2.17 bits per heavy atom. The number of fused-ring (bicyclic) bond motifs is 3. The van der Waals surface area contributed by atoms with Gasteiger partial charge in [0.1, 0.15) is 5.82 Å². The van der Waals surface area contributed by atoms with E-state index in [1.54, 1.807) is 6.92 Å². The van der Waals surface area contributed by atoms with E-state index < -0.39 is 11.1 Å². The Morgan fingerprint density at radius 1 is 1.33 bits per heavy atom. The number of piperidine rings is 1. The molecule has 126 valence electrons. The number of hydrogen-bond donors (Lipinski definition) is 0. The lowest BCUT2D eigenvalue weighted by atomic mass is 9.87. The molecule has 1 fully saturated rings. The monoisotopic (exact) mass is 346 g/mol. The molecular weight excluding hydrogens is 328 g/mol. The van der Waals surface area contributed by atoms with Crippen LogP contribution in [0.15, 0.2) is 27.1 Å². The molecule has 7 nitrogen and oxygen atoms in total. The summed E-state index contributed by atoms with van der Waals surface area (Å²) < 4.78 is 2.75. The highest BCUT2D eigenvalue weighted by atomic mass is 32.1. The maximum absolute atomic E-state index is 12.6. The van der Waals surface area contributed by atoms with Crippen molar-refractivity contribution in [3.63, 3.8) is 0 Å². The number of rotatable bonds is 2. The third-order valence-electron chi connectivity index (χ3n) is 4.99. The zero-order valence-electron chi connectivity index (χ0n) is 13.3. The topological polar surface area (TPSA) is 77.2 Å². The second kappa shape index (κ2) is 5.70. The van der Waals surface area contributed by atoms with Crippen LogP contribution in [0.1, 0.15) is 34.8 Å². The molecule has 8 heteroatoms. The molecule has 0 spiro atoms. The van der Waals surface area contributed by atoms with Crippen LogP contribution < -0.4 is 11.1 Å². The molecule has 2 unspecified atom stereocenters. The Kier molecular flexibility index (Phi) is 3.64. The molecule has 1 saturated heterocycles. The van der Waals surface area contributed by atoms with Gasteiger partial charge in [0.2, 0.25) is 0 Å². The van der Waals surface area contributed by atoms with E-state index in [4.69, 9.17) is 0 Å². The van der Waals surface area contributed by atoms with E-state index in [-0.39, 0.29) is 17.7 Å². The zero-order chi connectivity index (χ0) is 16.8. The van der Waals surface area contributed by atoms with Crippen LogP contribution in [0.25, 0.3) is 0 Å². The fourth-order valence-electron chi connectivity index (χ4n) is 3.70. The van der Waals surface area contributed by atoms with E-state index in [1.165, 1.54) is 20.6 Å². The SMILES string of the molecule is CCn1nc2n(c(=O)c1=O)CC1CCN(C(=O)c3cccs3)CC21. The van der Waals surface area contributed by atoms with Crippen molar-refractivity contribution in [1.82, 2.24) is 19.2 Å². The largest absolute Gasteiger partial charge is 0.337 e. The molecule has 2 atom stereocenters. The summed E-state index contributed by atoms with van der Waals surface area (Å²) in [6.45, 7) is 3.93. The molecule has 1 amide bonds. The Morgan fingerprint density at radius 3 is 2.88 bits per heavy atom. The van der Waals surface area contributed by atoms with Gasteiger partial charge in [0.15, 0.2) is 0 Å². The Labute approximate surface area is 142 Å². The molecule has 0 radical (unpaired) electrons. The Hall–Kier alpha value is -2.22. The predicted octanol–water partition coefficient (Wildman–Crippen LogP) is 0.746. The molecule has 0 bridgehead atoms. The first kappa shape index (κ1) is 15.3. The highest BCUT2D eigenvalue weighted by molar-refractivity contribution is 7.12. The van der Waals surface area contributed by atoms with Crippen LogP contribution in [-0.2, 0) is 13.1 Å². The van der Waals surface area contributed by atoms with E-state index in [2.05, 4.69) is 5.10 Å². The lowest BCUT2D eigenvalue weighted by Gasteiger charge is -2.33. The number of thiophene rings is 1. The molecule has 2 aromatic rings. The first-order valence-electron chi connectivity index (χ1n) is 8.14. The third-order valence-corrected chi connectivity index (χ3v) is 5.84. The number of carbonyl (C=O) groups excluding carboxylic acids is 1. The molecule has 0 N–H and O–H groups in total. The Balaban J connectivity index is 1.68. The van der Waals surface area contributed by atoms with Gasteiger partial charge in [0, 0.05) is 32.1 Å². The molecule has 4 heterocycles. The van der Waals surface area contributed by atoms with Crippen LogP contribution in [0.2, 0.25) is 0 Å². The average Bonchev–Trinajstić information content (AvgIpc) is 3.24. The van der Waals surface area contributed by atoms with Crippen molar-refractivity contribution >= 4 is 17.2 Å². The van der Waals surface area contributed by atoms with E-state index in [0.717, 1.165) is 11.3 Å². The zero-order valence-corrected chi connectivity index (χ0v) is 14.2. The van der Waals surface area contributed by atoms with E-state index in [0.29, 0.717) is 32.0 Å². The maximum atomic E-state index is 12.6. The summed E-state index contributed by atoms with van der Waals surface area (Å²) in [6, 6.07) is 3.70. The average molecular weight is 346 g/mol. The summed E-state index contributed by atoms with van der Waals surface area (Å²) in [4.78, 5) is 39.5. The number of hydrogen-bond acceptors (Lipinski definition) is 5. The predicted molar refractivity (Wildman–Crippen MR) is 89.5 cm³/mol. The van der Waals surface area contributed by atoms with E-state index in [1.807, 2.05) is 22.4 Å². The summed E-state index contributed by atoms with van der Waals surface area (Å²) >= 11 is 1.44. The van der Waals surface area contributed by atoms with Crippen LogP contribution in [0, 0.1) is 5.92 Å². The van der Waals surface area contributed by atoms with Crippen molar-refractivity contribution in [1.29, 1.82) is 0 Å². The number of amides is 1. The van der Waals surface area contributed by atoms with Gasteiger partial charge in [-0.15, -0.1) is 11.3 Å². The molecule has 4 rings (SSSR count). The lowest BCUT2D eigenvalue weighted by molar-refractivity contribution is 0.0672. The van der Waals surface area contributed by atoms with Gasteiger partial charge in [0.05, 0.1) is 4.88 Å². The molecule has 0 aromatic carbocycles. The summed E-state index contributed by atoms with van der Waals surface area (Å²) in [5, 5.41) is 6.30. The molecule has 0 saturated carbocycles. The normalized spacial score (nSPS) is 22.3. The third kappa shape index (κ3) is 2.24. The van der Waals surface area contributed by atoms with Crippen molar-refractivity contribution < 1.29 is 4.79 Å².